The monoisotopic (exact) mass is 404 g/mol. The van der Waals surface area contributed by atoms with Crippen molar-refractivity contribution in [3.8, 4) is 0 Å². The smallest absolute Gasteiger partial charge is 0.230 e. The van der Waals surface area contributed by atoms with Crippen LogP contribution in [0.5, 0.6) is 0 Å². The molecule has 162 valence electrons. The Labute approximate surface area is 174 Å². The minimum absolute atomic E-state index is 0.224. The minimum Gasteiger partial charge on any atom is -0.361 e. The number of carbonyl (C=O) groups is 1. The van der Waals surface area contributed by atoms with Crippen molar-refractivity contribution in [2.45, 2.75) is 46.1 Å². The van der Waals surface area contributed by atoms with Gasteiger partial charge in [0.15, 0.2) is 5.96 Å². The van der Waals surface area contributed by atoms with Gasteiger partial charge in [0, 0.05) is 59.4 Å². The van der Waals surface area contributed by atoms with Crippen LogP contribution in [0.3, 0.4) is 0 Å². The quantitative estimate of drug-likeness (QED) is 0.575. The lowest BCUT2D eigenvalue weighted by Crippen LogP contribution is -2.52. The normalized spacial score (nSPS) is 20.1. The lowest BCUT2D eigenvalue weighted by molar-refractivity contribution is -0.138. The van der Waals surface area contributed by atoms with E-state index >= 15 is 0 Å². The minimum atomic E-state index is -0.323. The molecular weight excluding hydrogens is 368 g/mol. The highest BCUT2D eigenvalue weighted by Gasteiger charge is 2.42. The van der Waals surface area contributed by atoms with Gasteiger partial charge < -0.3 is 19.6 Å². The summed E-state index contributed by atoms with van der Waals surface area (Å²) >= 11 is 0. The molecule has 0 atom stereocenters. The maximum absolute atomic E-state index is 12.8. The summed E-state index contributed by atoms with van der Waals surface area (Å²) in [4.78, 5) is 24.2. The molecule has 1 aromatic rings. The maximum Gasteiger partial charge on any atom is 0.230 e. The van der Waals surface area contributed by atoms with Gasteiger partial charge in [-0.15, -0.1) is 0 Å². The molecule has 0 unspecified atom stereocenters. The van der Waals surface area contributed by atoms with Gasteiger partial charge in [-0.05, 0) is 26.7 Å². The molecule has 0 bridgehead atoms. The highest BCUT2D eigenvalue weighted by molar-refractivity contribution is 5.84. The van der Waals surface area contributed by atoms with Crippen molar-refractivity contribution in [3.63, 3.8) is 0 Å². The summed E-state index contributed by atoms with van der Waals surface area (Å²) in [6, 6.07) is 2.00. The molecule has 1 saturated heterocycles. The largest absolute Gasteiger partial charge is 0.361 e. The topological polar surface area (TPSA) is 77.2 Å². The van der Waals surface area contributed by atoms with E-state index in [-0.39, 0.29) is 11.3 Å². The summed E-state index contributed by atoms with van der Waals surface area (Å²) < 4.78 is 5.18. The molecule has 0 spiro atoms. The number of amides is 1. The summed E-state index contributed by atoms with van der Waals surface area (Å²) in [6.45, 7) is 9.97. The van der Waals surface area contributed by atoms with Crippen molar-refractivity contribution < 1.29 is 9.32 Å². The predicted octanol–water partition coefficient (Wildman–Crippen LogP) is 1.71. The van der Waals surface area contributed by atoms with Gasteiger partial charge >= 0.3 is 0 Å². The Morgan fingerprint density at radius 3 is 2.52 bits per heavy atom. The molecule has 1 saturated carbocycles. The number of piperazine rings is 1. The highest BCUT2D eigenvalue weighted by Crippen LogP contribution is 2.39. The summed E-state index contributed by atoms with van der Waals surface area (Å²) in [5.41, 5.74) is 0.665. The third-order valence-electron chi connectivity index (χ3n) is 6.02. The number of aliphatic imine (C=N–C) groups is 1. The Balaban J connectivity index is 1.61. The van der Waals surface area contributed by atoms with Gasteiger partial charge in [-0.25, -0.2) is 0 Å². The highest BCUT2D eigenvalue weighted by atomic mass is 16.5. The van der Waals surface area contributed by atoms with Crippen LogP contribution in [0.1, 0.15) is 44.1 Å². The van der Waals surface area contributed by atoms with Crippen LogP contribution in [-0.2, 0) is 11.3 Å². The van der Waals surface area contributed by atoms with Gasteiger partial charge in [-0.1, -0.05) is 18.0 Å². The number of carbonyl (C=O) groups excluding carboxylic acids is 1. The number of nitrogens with one attached hydrogen (secondary N) is 1. The maximum atomic E-state index is 12.8. The lowest BCUT2D eigenvalue weighted by Gasteiger charge is -2.37. The summed E-state index contributed by atoms with van der Waals surface area (Å²) in [7, 11) is 3.71. The van der Waals surface area contributed by atoms with Gasteiger partial charge in [0.25, 0.3) is 0 Å². The summed E-state index contributed by atoms with van der Waals surface area (Å²) in [5, 5.41) is 7.54. The van der Waals surface area contributed by atoms with Crippen molar-refractivity contribution in [2.75, 3.05) is 53.4 Å². The van der Waals surface area contributed by atoms with Crippen molar-refractivity contribution in [1.82, 2.24) is 25.2 Å². The molecule has 1 N–H and O–H groups in total. The Hall–Kier alpha value is -2.09. The molecule has 2 fully saturated rings. The Kier molecular flexibility index (Phi) is 7.16. The molecule has 1 aliphatic carbocycles. The summed E-state index contributed by atoms with van der Waals surface area (Å²) in [6.07, 6.45) is 4.12. The van der Waals surface area contributed by atoms with E-state index in [4.69, 9.17) is 9.52 Å². The van der Waals surface area contributed by atoms with E-state index in [1.807, 2.05) is 27.1 Å². The Bertz CT molecular complexity index is 700. The second-order valence-corrected chi connectivity index (χ2v) is 8.55. The second-order valence-electron chi connectivity index (χ2n) is 8.55. The third kappa shape index (κ3) is 5.29. The predicted molar refractivity (Wildman–Crippen MR) is 114 cm³/mol. The summed E-state index contributed by atoms with van der Waals surface area (Å²) in [5.74, 6) is 2.01. The van der Waals surface area contributed by atoms with Gasteiger partial charge in [0.1, 0.15) is 5.76 Å². The number of hydrogen-bond donors (Lipinski definition) is 1. The first-order valence-electron chi connectivity index (χ1n) is 10.8. The molecule has 8 nitrogen and oxygen atoms in total. The number of nitrogens with zero attached hydrogens (tertiary/aromatic N) is 5. The van der Waals surface area contributed by atoms with Crippen LogP contribution in [0.4, 0.5) is 0 Å². The van der Waals surface area contributed by atoms with E-state index in [2.05, 4.69) is 27.2 Å². The van der Waals surface area contributed by atoms with Crippen LogP contribution < -0.4 is 5.32 Å². The molecule has 1 aromatic heterocycles. The first-order chi connectivity index (χ1) is 13.9. The van der Waals surface area contributed by atoms with E-state index in [0.29, 0.717) is 6.54 Å². The lowest BCUT2D eigenvalue weighted by atomic mass is 9.85. The SMILES string of the molecule is CCNC(=NCC1(C(=O)N(C)C)CCCC1)N1CCN(Cc2cc(C)on2)CC1. The molecule has 0 radical (unpaired) electrons. The average Bonchev–Trinajstić information content (AvgIpc) is 3.35. The Morgan fingerprint density at radius 2 is 1.97 bits per heavy atom. The van der Waals surface area contributed by atoms with Crippen LogP contribution in [0.15, 0.2) is 15.6 Å². The fourth-order valence-corrected chi connectivity index (χ4v) is 4.46. The molecule has 1 amide bonds. The zero-order valence-corrected chi connectivity index (χ0v) is 18.4. The van der Waals surface area contributed by atoms with Crippen molar-refractivity contribution >= 4 is 11.9 Å². The van der Waals surface area contributed by atoms with Crippen molar-refractivity contribution in [3.05, 3.63) is 17.5 Å². The number of guanidine groups is 1. The third-order valence-corrected chi connectivity index (χ3v) is 6.02. The zero-order chi connectivity index (χ0) is 20.9. The van der Waals surface area contributed by atoms with Gasteiger partial charge in [0.2, 0.25) is 5.91 Å². The number of aromatic nitrogens is 1. The fourth-order valence-electron chi connectivity index (χ4n) is 4.46. The zero-order valence-electron chi connectivity index (χ0n) is 18.4. The number of aryl methyl sites for hydroxylation is 1. The molecule has 2 aliphatic rings. The van der Waals surface area contributed by atoms with Gasteiger partial charge in [0.05, 0.1) is 17.7 Å². The van der Waals surface area contributed by atoms with Crippen LogP contribution in [0, 0.1) is 12.3 Å². The van der Waals surface area contributed by atoms with Crippen LogP contribution in [-0.4, -0.2) is 85.1 Å². The number of hydrogen-bond acceptors (Lipinski definition) is 5. The van der Waals surface area contributed by atoms with Crippen LogP contribution in [0.2, 0.25) is 0 Å². The molecule has 8 heteroatoms. The van der Waals surface area contributed by atoms with E-state index in [9.17, 15) is 4.79 Å². The van der Waals surface area contributed by atoms with E-state index < -0.39 is 0 Å². The molecule has 0 aromatic carbocycles. The molecule has 1 aliphatic heterocycles. The van der Waals surface area contributed by atoms with Crippen molar-refractivity contribution in [2.24, 2.45) is 10.4 Å². The molecular formula is C21H36N6O2. The molecule has 3 rings (SSSR count). The average molecular weight is 405 g/mol. The van der Waals surface area contributed by atoms with E-state index in [1.54, 1.807) is 4.90 Å². The number of rotatable bonds is 6. The molecule has 2 heterocycles. The fraction of sp³-hybridized carbons (Fsp3) is 0.762. The van der Waals surface area contributed by atoms with Crippen LogP contribution >= 0.6 is 0 Å². The standard InChI is InChI=1S/C21H36N6O2/c1-5-22-20(23-16-21(8-6-7-9-21)19(28)25(3)4)27-12-10-26(11-13-27)15-18-14-17(2)29-24-18/h14H,5-13,15-16H2,1-4H3,(H,22,23). The second kappa shape index (κ2) is 9.61. The first-order valence-corrected chi connectivity index (χ1v) is 10.8. The Morgan fingerprint density at radius 1 is 1.28 bits per heavy atom. The van der Waals surface area contributed by atoms with E-state index in [1.165, 1.54) is 0 Å². The van der Waals surface area contributed by atoms with Crippen LogP contribution in [0.25, 0.3) is 0 Å². The first kappa shape index (κ1) is 21.6. The molecule has 29 heavy (non-hydrogen) atoms. The van der Waals surface area contributed by atoms with Gasteiger partial charge in [-0.2, -0.15) is 0 Å². The van der Waals surface area contributed by atoms with Crippen molar-refractivity contribution in [1.29, 1.82) is 0 Å². The van der Waals surface area contributed by atoms with Gasteiger partial charge in [-0.3, -0.25) is 14.7 Å². The van der Waals surface area contributed by atoms with E-state index in [0.717, 1.165) is 82.4 Å².